The van der Waals surface area contributed by atoms with Gasteiger partial charge in [-0.25, -0.2) is 9.78 Å². The lowest BCUT2D eigenvalue weighted by Gasteiger charge is -2.33. The fourth-order valence-corrected chi connectivity index (χ4v) is 3.11. The van der Waals surface area contributed by atoms with Crippen molar-refractivity contribution in [2.45, 2.75) is 32.2 Å². The molecule has 0 bridgehead atoms. The molecule has 3 rings (SSSR count). The first-order chi connectivity index (χ1) is 12.1. The van der Waals surface area contributed by atoms with Crippen LogP contribution < -0.4 is 15.0 Å². The van der Waals surface area contributed by atoms with Gasteiger partial charge in [-0.3, -0.25) is 4.79 Å². The molecular weight excluding hydrogens is 326 g/mol. The van der Waals surface area contributed by atoms with Crippen LogP contribution in [0.15, 0.2) is 23.3 Å². The second-order valence-electron chi connectivity index (χ2n) is 5.92. The van der Waals surface area contributed by atoms with Crippen molar-refractivity contribution in [2.24, 2.45) is 0 Å². The van der Waals surface area contributed by atoms with E-state index in [2.05, 4.69) is 9.97 Å². The predicted molar refractivity (Wildman–Crippen MR) is 91.4 cm³/mol. The van der Waals surface area contributed by atoms with Gasteiger partial charge in [-0.05, 0) is 26.2 Å². The maximum atomic E-state index is 12.2. The van der Waals surface area contributed by atoms with E-state index in [9.17, 15) is 14.7 Å². The number of likely N-dealkylation sites (tertiary alicyclic amines) is 1. The Morgan fingerprint density at radius 3 is 3.00 bits per heavy atom. The van der Waals surface area contributed by atoms with Gasteiger partial charge in [0.15, 0.2) is 0 Å². The molecule has 8 heteroatoms. The van der Waals surface area contributed by atoms with Crippen molar-refractivity contribution >= 4 is 17.0 Å². The number of piperidine rings is 1. The molecule has 1 fully saturated rings. The fourth-order valence-electron chi connectivity index (χ4n) is 3.11. The standard InChI is InChI=1S/C17H21N3O5/c1-2-24-12-7-13-15(16(21)19-10-18-13)14(8-12)25-9-11-5-3-4-6-20(11)17(22)23/h7-8,10-11H,2-6,9H2,1H3,(H,22,23)(H,18,19,21)/t11-/m1/s1. The second-order valence-corrected chi connectivity index (χ2v) is 5.92. The van der Waals surface area contributed by atoms with Crippen molar-refractivity contribution in [2.75, 3.05) is 19.8 Å². The number of nitrogens with zero attached hydrogens (tertiary/aromatic N) is 2. The summed E-state index contributed by atoms with van der Waals surface area (Å²) >= 11 is 0. The van der Waals surface area contributed by atoms with Gasteiger partial charge in [0.1, 0.15) is 23.5 Å². The molecule has 0 spiro atoms. The summed E-state index contributed by atoms with van der Waals surface area (Å²) in [5.74, 6) is 0.910. The summed E-state index contributed by atoms with van der Waals surface area (Å²) < 4.78 is 11.4. The summed E-state index contributed by atoms with van der Waals surface area (Å²) in [4.78, 5) is 31.6. The maximum absolute atomic E-state index is 12.2. The summed E-state index contributed by atoms with van der Waals surface area (Å²) in [5.41, 5.74) is 0.171. The molecule has 134 valence electrons. The molecule has 0 saturated carbocycles. The average molecular weight is 347 g/mol. The van der Waals surface area contributed by atoms with Crippen LogP contribution in [0, 0.1) is 0 Å². The zero-order valence-corrected chi connectivity index (χ0v) is 14.0. The molecule has 1 amide bonds. The van der Waals surface area contributed by atoms with Gasteiger partial charge in [-0.2, -0.15) is 0 Å². The van der Waals surface area contributed by atoms with Crippen LogP contribution in [-0.4, -0.2) is 51.9 Å². The summed E-state index contributed by atoms with van der Waals surface area (Å²) in [6.07, 6.45) is 2.94. The third-order valence-corrected chi connectivity index (χ3v) is 4.30. The molecule has 0 unspecified atom stereocenters. The Hall–Kier alpha value is -2.77. The number of amides is 1. The number of aromatic amines is 1. The third-order valence-electron chi connectivity index (χ3n) is 4.30. The van der Waals surface area contributed by atoms with Gasteiger partial charge in [-0.15, -0.1) is 0 Å². The number of hydrogen-bond acceptors (Lipinski definition) is 5. The number of benzene rings is 1. The smallest absolute Gasteiger partial charge is 0.407 e. The first-order valence-electron chi connectivity index (χ1n) is 8.36. The van der Waals surface area contributed by atoms with Crippen LogP contribution in [-0.2, 0) is 0 Å². The first-order valence-corrected chi connectivity index (χ1v) is 8.36. The van der Waals surface area contributed by atoms with Crippen LogP contribution >= 0.6 is 0 Å². The fraction of sp³-hybridized carbons (Fsp3) is 0.471. The molecule has 2 aromatic rings. The van der Waals surface area contributed by atoms with Crippen molar-refractivity contribution in [3.8, 4) is 11.5 Å². The van der Waals surface area contributed by atoms with Crippen LogP contribution in [0.25, 0.3) is 10.9 Å². The van der Waals surface area contributed by atoms with Crippen molar-refractivity contribution < 1.29 is 19.4 Å². The lowest BCUT2D eigenvalue weighted by atomic mass is 10.0. The van der Waals surface area contributed by atoms with Gasteiger partial charge in [0.25, 0.3) is 5.56 Å². The number of nitrogens with one attached hydrogen (secondary N) is 1. The van der Waals surface area contributed by atoms with Gasteiger partial charge in [0.2, 0.25) is 0 Å². The number of ether oxygens (including phenoxy) is 2. The molecule has 0 radical (unpaired) electrons. The molecule has 2 heterocycles. The van der Waals surface area contributed by atoms with E-state index >= 15 is 0 Å². The summed E-state index contributed by atoms with van der Waals surface area (Å²) in [5, 5.41) is 9.66. The predicted octanol–water partition coefficient (Wildman–Crippen LogP) is 2.23. The second kappa shape index (κ2) is 7.42. The minimum absolute atomic E-state index is 0.186. The van der Waals surface area contributed by atoms with Crippen LogP contribution in [0.3, 0.4) is 0 Å². The van der Waals surface area contributed by atoms with Crippen molar-refractivity contribution in [3.05, 3.63) is 28.8 Å². The Balaban J connectivity index is 1.89. The van der Waals surface area contributed by atoms with Gasteiger partial charge < -0.3 is 24.5 Å². The number of rotatable bonds is 5. The van der Waals surface area contributed by atoms with Crippen LogP contribution in [0.2, 0.25) is 0 Å². The number of carbonyl (C=O) groups is 1. The first kappa shape index (κ1) is 17.1. The SMILES string of the molecule is CCOc1cc(OC[C@H]2CCCCN2C(=O)O)c2c(=O)[nH]cnc2c1. The number of fused-ring (bicyclic) bond motifs is 1. The Morgan fingerprint density at radius 2 is 2.24 bits per heavy atom. The van der Waals surface area contributed by atoms with Crippen LogP contribution in [0.4, 0.5) is 4.79 Å². The molecule has 1 aromatic carbocycles. The van der Waals surface area contributed by atoms with Crippen molar-refractivity contribution in [1.29, 1.82) is 0 Å². The highest BCUT2D eigenvalue weighted by Gasteiger charge is 2.27. The van der Waals surface area contributed by atoms with Gasteiger partial charge in [-0.1, -0.05) is 0 Å². The Bertz CT molecular complexity index is 820. The minimum atomic E-state index is -0.944. The molecule has 8 nitrogen and oxygen atoms in total. The summed E-state index contributed by atoms with van der Waals surface area (Å²) in [6, 6.07) is 3.11. The van der Waals surface area contributed by atoms with E-state index in [0.717, 1.165) is 19.3 Å². The molecular formula is C17H21N3O5. The maximum Gasteiger partial charge on any atom is 0.407 e. The number of H-pyrrole nitrogens is 1. The van der Waals surface area contributed by atoms with E-state index in [1.54, 1.807) is 12.1 Å². The van der Waals surface area contributed by atoms with E-state index in [1.165, 1.54) is 11.2 Å². The largest absolute Gasteiger partial charge is 0.494 e. The average Bonchev–Trinajstić information content (AvgIpc) is 2.60. The Kier molecular flexibility index (Phi) is 5.06. The Morgan fingerprint density at radius 1 is 1.40 bits per heavy atom. The van der Waals surface area contributed by atoms with Gasteiger partial charge in [0, 0.05) is 18.7 Å². The van der Waals surface area contributed by atoms with E-state index in [0.29, 0.717) is 35.6 Å². The lowest BCUT2D eigenvalue weighted by molar-refractivity contribution is 0.0840. The quantitative estimate of drug-likeness (QED) is 0.859. The molecule has 1 saturated heterocycles. The molecule has 1 atom stereocenters. The summed E-state index contributed by atoms with van der Waals surface area (Å²) in [6.45, 7) is 3.03. The van der Waals surface area contributed by atoms with E-state index in [4.69, 9.17) is 9.47 Å². The monoisotopic (exact) mass is 347 g/mol. The topological polar surface area (TPSA) is 105 Å². The highest BCUT2D eigenvalue weighted by molar-refractivity contribution is 5.85. The molecule has 25 heavy (non-hydrogen) atoms. The highest BCUT2D eigenvalue weighted by Crippen LogP contribution is 2.29. The van der Waals surface area contributed by atoms with Crippen molar-refractivity contribution in [1.82, 2.24) is 14.9 Å². The molecule has 1 aliphatic heterocycles. The normalized spacial score (nSPS) is 17.5. The zero-order chi connectivity index (χ0) is 17.8. The molecule has 0 aliphatic carbocycles. The Labute approximate surface area is 144 Å². The zero-order valence-electron chi connectivity index (χ0n) is 14.0. The lowest BCUT2D eigenvalue weighted by Crippen LogP contribution is -2.46. The highest BCUT2D eigenvalue weighted by atomic mass is 16.5. The van der Waals surface area contributed by atoms with Crippen LogP contribution in [0.5, 0.6) is 11.5 Å². The van der Waals surface area contributed by atoms with E-state index in [1.807, 2.05) is 6.92 Å². The van der Waals surface area contributed by atoms with Crippen LogP contribution in [0.1, 0.15) is 26.2 Å². The number of carboxylic acid groups (broad SMARTS) is 1. The third kappa shape index (κ3) is 3.67. The van der Waals surface area contributed by atoms with Gasteiger partial charge >= 0.3 is 6.09 Å². The molecule has 2 N–H and O–H groups in total. The van der Waals surface area contributed by atoms with E-state index < -0.39 is 6.09 Å². The minimum Gasteiger partial charge on any atom is -0.494 e. The molecule has 1 aliphatic rings. The molecule has 1 aromatic heterocycles. The summed E-state index contributed by atoms with van der Waals surface area (Å²) in [7, 11) is 0. The van der Waals surface area contributed by atoms with E-state index in [-0.39, 0.29) is 18.2 Å². The number of hydrogen-bond donors (Lipinski definition) is 2. The number of aromatic nitrogens is 2. The van der Waals surface area contributed by atoms with Crippen molar-refractivity contribution in [3.63, 3.8) is 0 Å². The van der Waals surface area contributed by atoms with Gasteiger partial charge in [0.05, 0.1) is 24.5 Å².